The van der Waals surface area contributed by atoms with Crippen LogP contribution in [0.25, 0.3) is 11.5 Å². The van der Waals surface area contributed by atoms with Crippen LogP contribution in [0.1, 0.15) is 23.9 Å². The average Bonchev–Trinajstić information content (AvgIpc) is 3.02. The molecule has 0 aliphatic heterocycles. The fourth-order valence-electron chi connectivity index (χ4n) is 2.48. The molecule has 0 aliphatic carbocycles. The van der Waals surface area contributed by atoms with Gasteiger partial charge in [-0.25, -0.2) is 18.1 Å². The third kappa shape index (κ3) is 3.97. The Morgan fingerprint density at radius 1 is 1.08 bits per heavy atom. The molecule has 0 saturated heterocycles. The van der Waals surface area contributed by atoms with E-state index in [1.807, 2.05) is 43.3 Å². The average molecular weight is 356 g/mol. The molecule has 5 nitrogen and oxygen atoms in total. The van der Waals surface area contributed by atoms with Gasteiger partial charge in [0.1, 0.15) is 5.76 Å². The molecule has 0 unspecified atom stereocenters. The fourth-order valence-corrected chi connectivity index (χ4v) is 3.53. The van der Waals surface area contributed by atoms with Gasteiger partial charge in [0, 0.05) is 5.56 Å². The van der Waals surface area contributed by atoms with Gasteiger partial charge in [0.2, 0.25) is 15.9 Å². The largest absolute Gasteiger partial charge is 0.441 e. The molecule has 3 aromatic rings. The van der Waals surface area contributed by atoms with E-state index in [0.29, 0.717) is 17.3 Å². The highest BCUT2D eigenvalue weighted by molar-refractivity contribution is 7.89. The minimum atomic E-state index is -3.59. The van der Waals surface area contributed by atoms with Gasteiger partial charge < -0.3 is 4.42 Å². The third-order valence-electron chi connectivity index (χ3n) is 3.96. The molecule has 0 fully saturated rings. The summed E-state index contributed by atoms with van der Waals surface area (Å²) in [5.74, 6) is 1.09. The van der Waals surface area contributed by atoms with Gasteiger partial charge in [-0.3, -0.25) is 0 Å². The first kappa shape index (κ1) is 17.4. The molecule has 2 aromatic carbocycles. The number of aryl methyl sites for hydroxylation is 2. The van der Waals surface area contributed by atoms with Crippen molar-refractivity contribution < 1.29 is 12.8 Å². The van der Waals surface area contributed by atoms with Crippen molar-refractivity contribution in [1.82, 2.24) is 9.71 Å². The number of sulfonamides is 1. The van der Waals surface area contributed by atoms with E-state index in [-0.39, 0.29) is 11.4 Å². The van der Waals surface area contributed by atoms with Crippen molar-refractivity contribution in [1.29, 1.82) is 0 Å². The molecule has 0 bridgehead atoms. The predicted octanol–water partition coefficient (Wildman–Crippen LogP) is 3.69. The smallest absolute Gasteiger partial charge is 0.240 e. The minimum absolute atomic E-state index is 0.0842. The molecule has 0 amide bonds. The van der Waals surface area contributed by atoms with E-state index in [0.717, 1.165) is 17.5 Å². The Kier molecular flexibility index (Phi) is 5.01. The molecule has 3 rings (SSSR count). The summed E-state index contributed by atoms with van der Waals surface area (Å²) in [4.78, 5) is 4.68. The lowest BCUT2D eigenvalue weighted by Crippen LogP contribution is -2.23. The summed E-state index contributed by atoms with van der Waals surface area (Å²) >= 11 is 0. The number of nitrogens with one attached hydrogen (secondary N) is 1. The summed E-state index contributed by atoms with van der Waals surface area (Å²) in [5, 5.41) is 0. The number of hydrogen-bond donors (Lipinski definition) is 1. The van der Waals surface area contributed by atoms with E-state index < -0.39 is 10.0 Å². The van der Waals surface area contributed by atoms with Gasteiger partial charge in [-0.05, 0) is 43.2 Å². The van der Waals surface area contributed by atoms with E-state index in [9.17, 15) is 8.42 Å². The molecule has 1 N–H and O–H groups in total. The van der Waals surface area contributed by atoms with Crippen LogP contribution in [0, 0.1) is 6.92 Å². The standard InChI is InChI=1S/C19H20N2O3S/c1-3-15-8-7-11-17(12-15)25(22,23)20-13-18-14(2)24-19(21-18)16-9-5-4-6-10-16/h4-12,20H,3,13H2,1-2H3. The summed E-state index contributed by atoms with van der Waals surface area (Å²) in [7, 11) is -3.59. The molecule has 1 heterocycles. The summed E-state index contributed by atoms with van der Waals surface area (Å²) in [6.45, 7) is 3.85. The first-order valence-corrected chi connectivity index (χ1v) is 9.58. The van der Waals surface area contributed by atoms with Crippen molar-refractivity contribution in [2.45, 2.75) is 31.7 Å². The zero-order chi connectivity index (χ0) is 17.9. The van der Waals surface area contributed by atoms with Crippen molar-refractivity contribution in [2.24, 2.45) is 0 Å². The zero-order valence-electron chi connectivity index (χ0n) is 14.2. The highest BCUT2D eigenvalue weighted by atomic mass is 32.2. The zero-order valence-corrected chi connectivity index (χ0v) is 15.0. The van der Waals surface area contributed by atoms with Gasteiger partial charge in [0.25, 0.3) is 0 Å². The van der Waals surface area contributed by atoms with Crippen LogP contribution >= 0.6 is 0 Å². The van der Waals surface area contributed by atoms with E-state index in [1.54, 1.807) is 25.1 Å². The van der Waals surface area contributed by atoms with Crippen LogP contribution in [-0.4, -0.2) is 13.4 Å². The second-order valence-electron chi connectivity index (χ2n) is 5.71. The highest BCUT2D eigenvalue weighted by Gasteiger charge is 2.17. The van der Waals surface area contributed by atoms with Crippen LogP contribution in [-0.2, 0) is 23.0 Å². The monoisotopic (exact) mass is 356 g/mol. The lowest BCUT2D eigenvalue weighted by Gasteiger charge is -2.07. The number of rotatable bonds is 6. The van der Waals surface area contributed by atoms with Crippen LogP contribution < -0.4 is 4.72 Å². The Bertz CT molecular complexity index is 963. The van der Waals surface area contributed by atoms with Gasteiger partial charge in [-0.15, -0.1) is 0 Å². The van der Waals surface area contributed by atoms with Crippen LogP contribution in [0.3, 0.4) is 0 Å². The van der Waals surface area contributed by atoms with Gasteiger partial charge in [-0.1, -0.05) is 37.3 Å². The number of hydrogen-bond acceptors (Lipinski definition) is 4. The fraction of sp³-hybridized carbons (Fsp3) is 0.211. The number of oxazole rings is 1. The van der Waals surface area contributed by atoms with Crippen LogP contribution in [0.2, 0.25) is 0 Å². The van der Waals surface area contributed by atoms with E-state index in [1.165, 1.54) is 0 Å². The van der Waals surface area contributed by atoms with Gasteiger partial charge >= 0.3 is 0 Å². The first-order chi connectivity index (χ1) is 12.0. The molecule has 6 heteroatoms. The van der Waals surface area contributed by atoms with E-state index in [4.69, 9.17) is 4.42 Å². The van der Waals surface area contributed by atoms with Crippen molar-refractivity contribution in [2.75, 3.05) is 0 Å². The summed E-state index contributed by atoms with van der Waals surface area (Å²) < 4.78 is 33.2. The molecular formula is C19H20N2O3S. The lowest BCUT2D eigenvalue weighted by molar-refractivity contribution is 0.538. The molecule has 0 atom stereocenters. The SMILES string of the molecule is CCc1cccc(S(=O)(=O)NCc2nc(-c3ccccc3)oc2C)c1. The maximum Gasteiger partial charge on any atom is 0.240 e. The van der Waals surface area contributed by atoms with Gasteiger partial charge in [-0.2, -0.15) is 0 Å². The first-order valence-electron chi connectivity index (χ1n) is 8.10. The molecule has 1 aromatic heterocycles. The Hall–Kier alpha value is -2.44. The quantitative estimate of drug-likeness (QED) is 0.731. The maximum atomic E-state index is 12.5. The molecule has 0 radical (unpaired) electrons. The highest BCUT2D eigenvalue weighted by Crippen LogP contribution is 2.21. The second-order valence-corrected chi connectivity index (χ2v) is 7.48. The molecule has 0 spiro atoms. The summed E-state index contributed by atoms with van der Waals surface area (Å²) in [6.07, 6.45) is 0.784. The predicted molar refractivity (Wildman–Crippen MR) is 96.5 cm³/mol. The summed E-state index contributed by atoms with van der Waals surface area (Å²) in [6, 6.07) is 16.5. The van der Waals surface area contributed by atoms with Gasteiger partial charge in [0.15, 0.2) is 0 Å². The van der Waals surface area contributed by atoms with E-state index in [2.05, 4.69) is 9.71 Å². The Balaban J connectivity index is 1.78. The Morgan fingerprint density at radius 3 is 2.56 bits per heavy atom. The topological polar surface area (TPSA) is 72.2 Å². The minimum Gasteiger partial charge on any atom is -0.441 e. The van der Waals surface area contributed by atoms with Crippen LogP contribution in [0.15, 0.2) is 63.9 Å². The third-order valence-corrected chi connectivity index (χ3v) is 5.36. The molecule has 25 heavy (non-hydrogen) atoms. The number of aromatic nitrogens is 1. The Morgan fingerprint density at radius 2 is 1.84 bits per heavy atom. The molecule has 130 valence electrons. The summed E-state index contributed by atoms with van der Waals surface area (Å²) in [5.41, 5.74) is 2.41. The van der Waals surface area contributed by atoms with Crippen molar-refractivity contribution in [3.8, 4) is 11.5 Å². The van der Waals surface area contributed by atoms with Crippen LogP contribution in [0.5, 0.6) is 0 Å². The number of nitrogens with zero attached hydrogens (tertiary/aromatic N) is 1. The normalized spacial score (nSPS) is 11.6. The molecule has 0 aliphatic rings. The lowest BCUT2D eigenvalue weighted by atomic mass is 10.2. The van der Waals surface area contributed by atoms with Crippen molar-refractivity contribution in [3.63, 3.8) is 0 Å². The van der Waals surface area contributed by atoms with Crippen molar-refractivity contribution in [3.05, 3.63) is 71.6 Å². The van der Waals surface area contributed by atoms with Crippen LogP contribution in [0.4, 0.5) is 0 Å². The van der Waals surface area contributed by atoms with E-state index >= 15 is 0 Å². The Labute approximate surface area is 147 Å². The molecule has 0 saturated carbocycles. The second kappa shape index (κ2) is 7.21. The number of benzene rings is 2. The van der Waals surface area contributed by atoms with Gasteiger partial charge in [0.05, 0.1) is 17.1 Å². The molecular weight excluding hydrogens is 336 g/mol. The maximum absolute atomic E-state index is 12.5. The van der Waals surface area contributed by atoms with Crippen molar-refractivity contribution >= 4 is 10.0 Å².